The first kappa shape index (κ1) is 19.6. The van der Waals surface area contributed by atoms with Crippen LogP contribution in [0.25, 0.3) is 0 Å². The molecule has 1 aromatic rings. The van der Waals surface area contributed by atoms with Gasteiger partial charge in [0.15, 0.2) is 11.5 Å². The van der Waals surface area contributed by atoms with Crippen LogP contribution in [0.1, 0.15) is 58.6 Å². The highest BCUT2D eigenvalue weighted by atomic mass is 16.5. The standard InChI is InChI=1S/C20H31NO4/c1-6-24-20-10-15(7-8-18(20)23-5)19-12-16(21-14(4)22)11-17(25-19)9-13(2)3/h7-8,10,13,16-17,19H,6,9,11-12H2,1-5H3,(H,21,22)/t16-,17+,19+/m1/s1. The van der Waals surface area contributed by atoms with Crippen LogP contribution in [0.4, 0.5) is 0 Å². The van der Waals surface area contributed by atoms with Crippen LogP contribution in [0.15, 0.2) is 18.2 Å². The van der Waals surface area contributed by atoms with Crippen LogP contribution in [0.5, 0.6) is 11.5 Å². The number of carbonyl (C=O) groups excluding carboxylic acids is 1. The molecule has 0 unspecified atom stereocenters. The van der Waals surface area contributed by atoms with Gasteiger partial charge in [0.1, 0.15) is 0 Å². The Balaban J connectivity index is 2.22. The predicted molar refractivity (Wildman–Crippen MR) is 98.1 cm³/mol. The first-order valence-corrected chi connectivity index (χ1v) is 9.16. The number of ether oxygens (including phenoxy) is 3. The van der Waals surface area contributed by atoms with E-state index in [4.69, 9.17) is 14.2 Å². The molecule has 0 spiro atoms. The SMILES string of the molecule is CCOc1cc([C@@H]2C[C@H](NC(C)=O)C[C@H](CC(C)C)O2)ccc1OC. The van der Waals surface area contributed by atoms with E-state index in [0.29, 0.717) is 12.5 Å². The van der Waals surface area contributed by atoms with E-state index in [-0.39, 0.29) is 24.2 Å². The van der Waals surface area contributed by atoms with Gasteiger partial charge in [0.2, 0.25) is 5.91 Å². The number of hydrogen-bond donors (Lipinski definition) is 1. The summed E-state index contributed by atoms with van der Waals surface area (Å²) in [6.45, 7) is 8.49. The maximum atomic E-state index is 11.5. The van der Waals surface area contributed by atoms with Crippen LogP contribution in [-0.4, -0.2) is 31.8 Å². The molecule has 25 heavy (non-hydrogen) atoms. The highest BCUT2D eigenvalue weighted by molar-refractivity contribution is 5.73. The molecule has 0 aromatic heterocycles. The molecule has 1 aromatic carbocycles. The Kier molecular flexibility index (Phi) is 7.12. The van der Waals surface area contributed by atoms with Gasteiger partial charge in [-0.2, -0.15) is 0 Å². The number of nitrogens with one attached hydrogen (secondary N) is 1. The lowest BCUT2D eigenvalue weighted by Gasteiger charge is -2.37. The second-order valence-electron chi connectivity index (χ2n) is 7.09. The fourth-order valence-electron chi connectivity index (χ4n) is 3.47. The fourth-order valence-corrected chi connectivity index (χ4v) is 3.47. The molecule has 2 rings (SSSR count). The van der Waals surface area contributed by atoms with Crippen molar-refractivity contribution in [3.8, 4) is 11.5 Å². The van der Waals surface area contributed by atoms with Gasteiger partial charge in [-0.3, -0.25) is 4.79 Å². The van der Waals surface area contributed by atoms with Crippen LogP contribution >= 0.6 is 0 Å². The highest BCUT2D eigenvalue weighted by Crippen LogP contribution is 2.37. The molecule has 0 bridgehead atoms. The van der Waals surface area contributed by atoms with Crippen molar-refractivity contribution in [2.24, 2.45) is 5.92 Å². The highest BCUT2D eigenvalue weighted by Gasteiger charge is 2.31. The maximum absolute atomic E-state index is 11.5. The van der Waals surface area contributed by atoms with Gasteiger partial charge in [-0.25, -0.2) is 0 Å². The average molecular weight is 349 g/mol. The Labute approximate surface area is 151 Å². The summed E-state index contributed by atoms with van der Waals surface area (Å²) in [7, 11) is 1.64. The van der Waals surface area contributed by atoms with Crippen molar-refractivity contribution in [2.75, 3.05) is 13.7 Å². The Morgan fingerprint density at radius 1 is 1.32 bits per heavy atom. The molecular weight excluding hydrogens is 318 g/mol. The Morgan fingerprint density at radius 3 is 2.68 bits per heavy atom. The summed E-state index contributed by atoms with van der Waals surface area (Å²) in [5.41, 5.74) is 1.06. The molecule has 1 amide bonds. The lowest BCUT2D eigenvalue weighted by atomic mass is 9.90. The zero-order chi connectivity index (χ0) is 18.4. The fraction of sp³-hybridized carbons (Fsp3) is 0.650. The number of carbonyl (C=O) groups is 1. The first-order valence-electron chi connectivity index (χ1n) is 9.16. The van der Waals surface area contributed by atoms with Gasteiger partial charge in [-0.15, -0.1) is 0 Å². The molecule has 140 valence electrons. The van der Waals surface area contributed by atoms with Crippen molar-refractivity contribution in [1.29, 1.82) is 0 Å². The van der Waals surface area contributed by atoms with Crippen LogP contribution in [0, 0.1) is 5.92 Å². The van der Waals surface area contributed by atoms with Crippen LogP contribution < -0.4 is 14.8 Å². The first-order chi connectivity index (χ1) is 11.9. The zero-order valence-corrected chi connectivity index (χ0v) is 16.0. The van der Waals surface area contributed by atoms with E-state index in [9.17, 15) is 4.79 Å². The minimum Gasteiger partial charge on any atom is -0.493 e. The second kappa shape index (κ2) is 9.09. The molecule has 0 radical (unpaired) electrons. The summed E-state index contributed by atoms with van der Waals surface area (Å²) in [5, 5.41) is 3.07. The monoisotopic (exact) mass is 349 g/mol. The van der Waals surface area contributed by atoms with Gasteiger partial charge in [-0.05, 0) is 49.8 Å². The molecule has 1 saturated heterocycles. The zero-order valence-electron chi connectivity index (χ0n) is 16.0. The quantitative estimate of drug-likeness (QED) is 0.812. The summed E-state index contributed by atoms with van der Waals surface area (Å²) in [5.74, 6) is 2.02. The van der Waals surface area contributed by atoms with E-state index >= 15 is 0 Å². The molecule has 1 N–H and O–H groups in total. The second-order valence-corrected chi connectivity index (χ2v) is 7.09. The Bertz CT molecular complexity index is 573. The molecule has 1 heterocycles. The molecule has 0 saturated carbocycles. The topological polar surface area (TPSA) is 56.8 Å². The molecule has 5 nitrogen and oxygen atoms in total. The van der Waals surface area contributed by atoms with E-state index < -0.39 is 0 Å². The van der Waals surface area contributed by atoms with Crippen molar-refractivity contribution in [2.45, 2.75) is 65.2 Å². The van der Waals surface area contributed by atoms with Crippen molar-refractivity contribution >= 4 is 5.91 Å². The van der Waals surface area contributed by atoms with E-state index in [1.54, 1.807) is 14.0 Å². The van der Waals surface area contributed by atoms with Gasteiger partial charge in [0, 0.05) is 13.0 Å². The average Bonchev–Trinajstić information content (AvgIpc) is 2.53. The van der Waals surface area contributed by atoms with Crippen LogP contribution in [0.2, 0.25) is 0 Å². The number of benzene rings is 1. The molecule has 1 aliphatic heterocycles. The van der Waals surface area contributed by atoms with Crippen molar-refractivity contribution in [3.63, 3.8) is 0 Å². The summed E-state index contributed by atoms with van der Waals surface area (Å²) < 4.78 is 17.4. The molecule has 0 aliphatic carbocycles. The molecule has 1 aliphatic rings. The van der Waals surface area contributed by atoms with Gasteiger partial charge in [0.25, 0.3) is 0 Å². The van der Waals surface area contributed by atoms with E-state index in [2.05, 4.69) is 19.2 Å². The molecule has 1 fully saturated rings. The minimum absolute atomic E-state index is 0.0127. The summed E-state index contributed by atoms with van der Waals surface area (Å²) in [4.78, 5) is 11.5. The van der Waals surface area contributed by atoms with E-state index in [0.717, 1.165) is 36.3 Å². The van der Waals surface area contributed by atoms with Gasteiger partial charge in [0.05, 0.1) is 25.9 Å². The smallest absolute Gasteiger partial charge is 0.217 e. The molecular formula is C20H31NO4. The van der Waals surface area contributed by atoms with Crippen LogP contribution in [0.3, 0.4) is 0 Å². The lowest BCUT2D eigenvalue weighted by Crippen LogP contribution is -2.42. The van der Waals surface area contributed by atoms with Gasteiger partial charge < -0.3 is 19.5 Å². The summed E-state index contributed by atoms with van der Waals surface area (Å²) in [6, 6.07) is 6.07. The van der Waals surface area contributed by atoms with Crippen LogP contribution in [-0.2, 0) is 9.53 Å². The van der Waals surface area contributed by atoms with Crippen molar-refractivity contribution in [1.82, 2.24) is 5.32 Å². The maximum Gasteiger partial charge on any atom is 0.217 e. The lowest BCUT2D eigenvalue weighted by molar-refractivity contribution is -0.122. The van der Waals surface area contributed by atoms with E-state index in [1.165, 1.54) is 0 Å². The van der Waals surface area contributed by atoms with Gasteiger partial charge >= 0.3 is 0 Å². The minimum atomic E-state index is -0.0561. The number of amides is 1. The number of methoxy groups -OCH3 is 1. The Hall–Kier alpha value is -1.75. The summed E-state index contributed by atoms with van der Waals surface area (Å²) in [6.07, 6.45) is 2.71. The Morgan fingerprint density at radius 2 is 2.08 bits per heavy atom. The van der Waals surface area contributed by atoms with Crippen molar-refractivity contribution in [3.05, 3.63) is 23.8 Å². The number of hydrogen-bond acceptors (Lipinski definition) is 4. The third kappa shape index (κ3) is 5.63. The summed E-state index contributed by atoms with van der Waals surface area (Å²) >= 11 is 0. The normalized spacial score (nSPS) is 23.4. The van der Waals surface area contributed by atoms with Gasteiger partial charge in [-0.1, -0.05) is 19.9 Å². The molecule has 3 atom stereocenters. The predicted octanol–water partition coefficient (Wildman–Crippen LogP) is 3.86. The third-order valence-corrected chi connectivity index (χ3v) is 4.40. The number of rotatable bonds is 7. The third-order valence-electron chi connectivity index (χ3n) is 4.40. The van der Waals surface area contributed by atoms with Crippen molar-refractivity contribution < 1.29 is 19.0 Å². The molecule has 5 heteroatoms. The largest absolute Gasteiger partial charge is 0.493 e. The van der Waals surface area contributed by atoms with E-state index in [1.807, 2.05) is 25.1 Å².